The summed E-state index contributed by atoms with van der Waals surface area (Å²) in [7, 11) is 1.81. The van der Waals surface area contributed by atoms with Crippen LogP contribution in [0.1, 0.15) is 21.7 Å². The fourth-order valence-electron chi connectivity index (χ4n) is 1.62. The van der Waals surface area contributed by atoms with Crippen molar-refractivity contribution in [2.45, 2.75) is 13.5 Å². The standard InChI is InChI=1S/C12H14N4OS/c1-8-5-3-4-6-9(8)11(17)13-7-10-14-15-12(18)16(10)2/h3-6H,7H2,1-2H3,(H,13,17)(H,15,18). The van der Waals surface area contributed by atoms with Gasteiger partial charge in [-0.3, -0.25) is 9.89 Å². The summed E-state index contributed by atoms with van der Waals surface area (Å²) in [6, 6.07) is 7.46. The zero-order valence-corrected chi connectivity index (χ0v) is 11.0. The van der Waals surface area contributed by atoms with Crippen LogP contribution in [0, 0.1) is 11.7 Å². The lowest BCUT2D eigenvalue weighted by Gasteiger charge is -2.06. The minimum atomic E-state index is -0.109. The molecule has 1 aromatic heterocycles. The first-order chi connectivity index (χ1) is 8.59. The molecule has 0 atom stereocenters. The van der Waals surface area contributed by atoms with Crippen LogP contribution in [0.2, 0.25) is 0 Å². The van der Waals surface area contributed by atoms with E-state index < -0.39 is 0 Å². The lowest BCUT2D eigenvalue weighted by molar-refractivity contribution is 0.0949. The summed E-state index contributed by atoms with van der Waals surface area (Å²) >= 11 is 5.00. The van der Waals surface area contributed by atoms with E-state index in [9.17, 15) is 4.79 Å². The average Bonchev–Trinajstić information content (AvgIpc) is 2.68. The first-order valence-corrected chi connectivity index (χ1v) is 5.94. The number of aromatic amines is 1. The third-order valence-electron chi connectivity index (χ3n) is 2.77. The van der Waals surface area contributed by atoms with Crippen molar-refractivity contribution in [3.8, 4) is 0 Å². The zero-order valence-electron chi connectivity index (χ0n) is 10.2. The van der Waals surface area contributed by atoms with Gasteiger partial charge in [0.25, 0.3) is 5.91 Å². The van der Waals surface area contributed by atoms with Gasteiger partial charge in [0.15, 0.2) is 10.6 Å². The van der Waals surface area contributed by atoms with Gasteiger partial charge in [0.2, 0.25) is 0 Å². The molecule has 0 spiro atoms. The van der Waals surface area contributed by atoms with Crippen molar-refractivity contribution in [3.63, 3.8) is 0 Å². The summed E-state index contributed by atoms with van der Waals surface area (Å²) < 4.78 is 2.27. The molecule has 1 aromatic carbocycles. The van der Waals surface area contributed by atoms with Gasteiger partial charge in [0, 0.05) is 12.6 Å². The molecule has 2 aromatic rings. The van der Waals surface area contributed by atoms with Gasteiger partial charge in [-0.05, 0) is 30.8 Å². The monoisotopic (exact) mass is 262 g/mol. The molecule has 0 aliphatic rings. The predicted molar refractivity (Wildman–Crippen MR) is 70.7 cm³/mol. The molecule has 0 saturated heterocycles. The normalized spacial score (nSPS) is 10.3. The number of aryl methyl sites for hydroxylation is 1. The van der Waals surface area contributed by atoms with Crippen molar-refractivity contribution in [3.05, 3.63) is 46.0 Å². The Morgan fingerprint density at radius 1 is 1.50 bits per heavy atom. The van der Waals surface area contributed by atoms with E-state index in [1.807, 2.05) is 25.1 Å². The van der Waals surface area contributed by atoms with Gasteiger partial charge in [0.05, 0.1) is 6.54 Å². The summed E-state index contributed by atoms with van der Waals surface area (Å²) in [5, 5.41) is 9.53. The van der Waals surface area contributed by atoms with E-state index in [-0.39, 0.29) is 5.91 Å². The number of rotatable bonds is 3. The van der Waals surface area contributed by atoms with E-state index in [4.69, 9.17) is 12.2 Å². The van der Waals surface area contributed by atoms with Crippen molar-refractivity contribution in [2.24, 2.45) is 7.05 Å². The molecule has 1 amide bonds. The molecular weight excluding hydrogens is 248 g/mol. The zero-order chi connectivity index (χ0) is 13.1. The molecule has 5 nitrogen and oxygen atoms in total. The number of H-pyrrole nitrogens is 1. The highest BCUT2D eigenvalue weighted by Crippen LogP contribution is 2.06. The van der Waals surface area contributed by atoms with Crippen LogP contribution in [-0.2, 0) is 13.6 Å². The molecule has 1 heterocycles. The lowest BCUT2D eigenvalue weighted by atomic mass is 10.1. The second-order valence-electron chi connectivity index (χ2n) is 4.00. The quantitative estimate of drug-likeness (QED) is 0.828. The van der Waals surface area contributed by atoms with Crippen LogP contribution in [-0.4, -0.2) is 20.7 Å². The number of carbonyl (C=O) groups excluding carboxylic acids is 1. The number of hydrogen-bond acceptors (Lipinski definition) is 3. The van der Waals surface area contributed by atoms with Gasteiger partial charge in [-0.2, -0.15) is 5.10 Å². The van der Waals surface area contributed by atoms with Gasteiger partial charge in [-0.15, -0.1) is 0 Å². The molecule has 0 fully saturated rings. The topological polar surface area (TPSA) is 62.7 Å². The Morgan fingerprint density at radius 2 is 2.22 bits per heavy atom. The maximum atomic E-state index is 12.0. The van der Waals surface area contributed by atoms with E-state index in [0.29, 0.717) is 22.7 Å². The Morgan fingerprint density at radius 3 is 2.83 bits per heavy atom. The van der Waals surface area contributed by atoms with E-state index in [2.05, 4.69) is 15.5 Å². The van der Waals surface area contributed by atoms with Crippen molar-refractivity contribution < 1.29 is 4.79 Å². The van der Waals surface area contributed by atoms with Crippen LogP contribution in [0.25, 0.3) is 0 Å². The molecule has 94 valence electrons. The summed E-state index contributed by atoms with van der Waals surface area (Å²) in [6.07, 6.45) is 0. The highest BCUT2D eigenvalue weighted by molar-refractivity contribution is 7.71. The Bertz CT molecular complexity index is 629. The van der Waals surface area contributed by atoms with Crippen molar-refractivity contribution in [1.82, 2.24) is 20.1 Å². The molecule has 0 aliphatic heterocycles. The van der Waals surface area contributed by atoms with Crippen molar-refractivity contribution in [2.75, 3.05) is 0 Å². The van der Waals surface area contributed by atoms with Crippen LogP contribution in [0.4, 0.5) is 0 Å². The Labute approximate surface area is 110 Å². The average molecular weight is 262 g/mol. The molecule has 6 heteroatoms. The van der Waals surface area contributed by atoms with Crippen LogP contribution in [0.15, 0.2) is 24.3 Å². The SMILES string of the molecule is Cc1ccccc1C(=O)NCc1n[nH]c(=S)n1C. The number of benzene rings is 1. The fourth-order valence-corrected chi connectivity index (χ4v) is 1.77. The number of hydrogen-bond donors (Lipinski definition) is 2. The maximum absolute atomic E-state index is 12.0. The Balaban J connectivity index is 2.08. The molecule has 0 aliphatic carbocycles. The molecule has 0 bridgehead atoms. The van der Waals surface area contributed by atoms with E-state index >= 15 is 0 Å². The van der Waals surface area contributed by atoms with Crippen molar-refractivity contribution in [1.29, 1.82) is 0 Å². The number of aromatic nitrogens is 3. The number of nitrogens with zero attached hydrogens (tertiary/aromatic N) is 2. The second kappa shape index (κ2) is 5.14. The van der Waals surface area contributed by atoms with E-state index in [0.717, 1.165) is 5.56 Å². The molecular formula is C12H14N4OS. The Kier molecular flexibility index (Phi) is 3.57. The number of amides is 1. The highest BCUT2D eigenvalue weighted by Gasteiger charge is 2.09. The molecule has 0 unspecified atom stereocenters. The fraction of sp³-hybridized carbons (Fsp3) is 0.250. The summed E-state index contributed by atoms with van der Waals surface area (Å²) in [6.45, 7) is 2.25. The molecule has 0 radical (unpaired) electrons. The van der Waals surface area contributed by atoms with Gasteiger partial charge < -0.3 is 9.88 Å². The summed E-state index contributed by atoms with van der Waals surface area (Å²) in [5.41, 5.74) is 1.62. The minimum Gasteiger partial charge on any atom is -0.345 e. The highest BCUT2D eigenvalue weighted by atomic mass is 32.1. The predicted octanol–water partition coefficient (Wildman–Crippen LogP) is 1.72. The van der Waals surface area contributed by atoms with Gasteiger partial charge in [-0.1, -0.05) is 18.2 Å². The summed E-state index contributed by atoms with van der Waals surface area (Å²) in [5.74, 6) is 0.587. The van der Waals surface area contributed by atoms with E-state index in [1.165, 1.54) is 0 Å². The van der Waals surface area contributed by atoms with E-state index in [1.54, 1.807) is 17.7 Å². The molecule has 2 rings (SSSR count). The van der Waals surface area contributed by atoms with Crippen LogP contribution in [0.3, 0.4) is 0 Å². The number of nitrogens with one attached hydrogen (secondary N) is 2. The third kappa shape index (κ3) is 2.48. The molecule has 0 saturated carbocycles. The van der Waals surface area contributed by atoms with Crippen LogP contribution < -0.4 is 5.32 Å². The van der Waals surface area contributed by atoms with Crippen LogP contribution in [0.5, 0.6) is 0 Å². The largest absolute Gasteiger partial charge is 0.345 e. The van der Waals surface area contributed by atoms with Gasteiger partial charge in [-0.25, -0.2) is 0 Å². The summed E-state index contributed by atoms with van der Waals surface area (Å²) in [4.78, 5) is 12.0. The second-order valence-corrected chi connectivity index (χ2v) is 4.39. The van der Waals surface area contributed by atoms with Gasteiger partial charge >= 0.3 is 0 Å². The Hall–Kier alpha value is -1.95. The lowest BCUT2D eigenvalue weighted by Crippen LogP contribution is -2.25. The first kappa shape index (κ1) is 12.5. The minimum absolute atomic E-state index is 0.109. The van der Waals surface area contributed by atoms with Gasteiger partial charge in [0.1, 0.15) is 0 Å². The van der Waals surface area contributed by atoms with Crippen molar-refractivity contribution >= 4 is 18.1 Å². The number of carbonyl (C=O) groups is 1. The molecule has 18 heavy (non-hydrogen) atoms. The smallest absolute Gasteiger partial charge is 0.251 e. The van der Waals surface area contributed by atoms with Crippen LogP contribution >= 0.6 is 12.2 Å². The first-order valence-electron chi connectivity index (χ1n) is 5.53. The maximum Gasteiger partial charge on any atom is 0.251 e. The molecule has 2 N–H and O–H groups in total. The third-order valence-corrected chi connectivity index (χ3v) is 3.13.